The van der Waals surface area contributed by atoms with Gasteiger partial charge < -0.3 is 14.1 Å². The summed E-state index contributed by atoms with van der Waals surface area (Å²) in [4.78, 5) is 34.9. The summed E-state index contributed by atoms with van der Waals surface area (Å²) in [6.45, 7) is 4.32. The summed E-state index contributed by atoms with van der Waals surface area (Å²) in [6, 6.07) is 20.7. The van der Waals surface area contributed by atoms with Gasteiger partial charge in [0, 0.05) is 56.4 Å². The molecule has 0 radical (unpaired) electrons. The van der Waals surface area contributed by atoms with E-state index in [1.807, 2.05) is 65.7 Å². The molecule has 206 valence electrons. The normalized spacial score (nSPS) is 19.6. The first-order valence-corrected chi connectivity index (χ1v) is 14.7. The Balaban J connectivity index is 1.01. The number of benzene rings is 2. The van der Waals surface area contributed by atoms with Crippen LogP contribution in [0.4, 0.5) is 0 Å². The maximum atomic E-state index is 13.3. The summed E-state index contributed by atoms with van der Waals surface area (Å²) in [5.41, 5.74) is 2.30. The van der Waals surface area contributed by atoms with Crippen molar-refractivity contribution >= 4 is 28.6 Å². The molecule has 40 heavy (non-hydrogen) atoms. The van der Waals surface area contributed by atoms with E-state index in [0.29, 0.717) is 36.4 Å². The standard InChI is InChI=1S/C31H32N4O4S/c36-27-24-11-4-5-12-26(24)39-28(22-8-2-1-3-9-22)29(27)38-19-7-14-34-15-17-35(18-16-34)31(37)25-21-40-30(33-25)23-10-6-13-32-20-23/h1-6,8-13,20,25,30,33H,7,14-19,21H2/t25-,30?/m0/s1. The van der Waals surface area contributed by atoms with Crippen molar-refractivity contribution in [2.24, 2.45) is 0 Å². The highest BCUT2D eigenvalue weighted by molar-refractivity contribution is 7.99. The first kappa shape index (κ1) is 26.6. The summed E-state index contributed by atoms with van der Waals surface area (Å²) in [7, 11) is 0. The molecule has 4 aromatic rings. The molecule has 2 aliphatic rings. The Hall–Kier alpha value is -3.66. The Kier molecular flexibility index (Phi) is 8.13. The first-order chi connectivity index (χ1) is 19.7. The van der Waals surface area contributed by atoms with Crippen LogP contribution in [0.1, 0.15) is 17.4 Å². The summed E-state index contributed by atoms with van der Waals surface area (Å²) in [5, 5.41) is 4.09. The topological polar surface area (TPSA) is 87.9 Å². The van der Waals surface area contributed by atoms with Crippen LogP contribution >= 0.6 is 11.8 Å². The number of carbonyl (C=O) groups excluding carboxylic acids is 1. The molecule has 1 amide bonds. The van der Waals surface area contributed by atoms with Crippen LogP contribution in [0.2, 0.25) is 0 Å². The quantitative estimate of drug-likeness (QED) is 0.324. The van der Waals surface area contributed by atoms with E-state index in [0.717, 1.165) is 42.9 Å². The number of amides is 1. The number of para-hydroxylation sites is 1. The lowest BCUT2D eigenvalue weighted by Gasteiger charge is -2.36. The molecule has 0 spiro atoms. The van der Waals surface area contributed by atoms with Gasteiger partial charge in [0.15, 0.2) is 5.76 Å². The maximum absolute atomic E-state index is 13.3. The van der Waals surface area contributed by atoms with Gasteiger partial charge >= 0.3 is 0 Å². The van der Waals surface area contributed by atoms with E-state index in [2.05, 4.69) is 15.2 Å². The maximum Gasteiger partial charge on any atom is 0.240 e. The van der Waals surface area contributed by atoms with Crippen molar-refractivity contribution in [3.8, 4) is 17.1 Å². The van der Waals surface area contributed by atoms with Gasteiger partial charge in [-0.05, 0) is 30.2 Å². The lowest BCUT2D eigenvalue weighted by molar-refractivity contribution is -0.134. The van der Waals surface area contributed by atoms with Gasteiger partial charge in [-0.1, -0.05) is 48.5 Å². The van der Waals surface area contributed by atoms with Gasteiger partial charge in [-0.3, -0.25) is 24.8 Å². The SMILES string of the molecule is O=C([C@@H]1CSC(c2cccnc2)N1)N1CCN(CCCOc2c(-c3ccccc3)oc3ccccc3c2=O)CC1. The minimum atomic E-state index is -0.164. The molecule has 2 saturated heterocycles. The molecule has 2 atom stereocenters. The Bertz CT molecular complexity index is 1510. The number of pyridine rings is 1. The highest BCUT2D eigenvalue weighted by atomic mass is 32.2. The number of rotatable bonds is 8. The molecule has 9 heteroatoms. The largest absolute Gasteiger partial charge is 0.486 e. The third kappa shape index (κ3) is 5.77. The van der Waals surface area contributed by atoms with Gasteiger partial charge in [-0.25, -0.2) is 0 Å². The van der Waals surface area contributed by atoms with Crippen LogP contribution in [0.25, 0.3) is 22.3 Å². The van der Waals surface area contributed by atoms with Crippen LogP contribution in [0.15, 0.2) is 88.3 Å². The molecule has 2 aromatic carbocycles. The molecule has 2 fully saturated rings. The van der Waals surface area contributed by atoms with Gasteiger partial charge in [0.1, 0.15) is 5.58 Å². The van der Waals surface area contributed by atoms with Crippen LogP contribution in [0.5, 0.6) is 5.75 Å². The number of hydrogen-bond acceptors (Lipinski definition) is 8. The Morgan fingerprint density at radius 2 is 1.82 bits per heavy atom. The summed E-state index contributed by atoms with van der Waals surface area (Å²) in [5.74, 6) is 1.66. The van der Waals surface area contributed by atoms with Crippen molar-refractivity contribution < 1.29 is 13.9 Å². The van der Waals surface area contributed by atoms with Crippen LogP contribution in [0.3, 0.4) is 0 Å². The van der Waals surface area contributed by atoms with E-state index in [4.69, 9.17) is 9.15 Å². The summed E-state index contributed by atoms with van der Waals surface area (Å²) < 4.78 is 12.2. The van der Waals surface area contributed by atoms with Gasteiger partial charge in [0.25, 0.3) is 0 Å². The highest BCUT2D eigenvalue weighted by Gasteiger charge is 2.34. The van der Waals surface area contributed by atoms with E-state index < -0.39 is 0 Å². The lowest BCUT2D eigenvalue weighted by Crippen LogP contribution is -2.53. The van der Waals surface area contributed by atoms with E-state index >= 15 is 0 Å². The zero-order valence-electron chi connectivity index (χ0n) is 22.2. The summed E-state index contributed by atoms with van der Waals surface area (Å²) in [6.07, 6.45) is 4.39. The minimum absolute atomic E-state index is 0.108. The fourth-order valence-electron chi connectivity index (χ4n) is 5.25. The molecule has 4 heterocycles. The number of fused-ring (bicyclic) bond motifs is 1. The molecule has 2 aliphatic heterocycles. The number of thioether (sulfide) groups is 1. The number of aromatic nitrogens is 1. The van der Waals surface area contributed by atoms with E-state index in [9.17, 15) is 9.59 Å². The van der Waals surface area contributed by atoms with Crippen molar-refractivity contribution in [1.82, 2.24) is 20.1 Å². The fraction of sp³-hybridized carbons (Fsp3) is 0.323. The average Bonchev–Trinajstić information content (AvgIpc) is 3.51. The smallest absolute Gasteiger partial charge is 0.240 e. The second kappa shape index (κ2) is 12.2. The molecule has 0 saturated carbocycles. The molecule has 6 rings (SSSR count). The van der Waals surface area contributed by atoms with E-state index in [-0.39, 0.29) is 28.5 Å². The third-order valence-corrected chi connectivity index (χ3v) is 8.68. The number of nitrogens with one attached hydrogen (secondary N) is 1. The average molecular weight is 557 g/mol. The number of carbonyl (C=O) groups is 1. The minimum Gasteiger partial charge on any atom is -0.486 e. The van der Waals surface area contributed by atoms with Crippen molar-refractivity contribution in [2.45, 2.75) is 17.8 Å². The first-order valence-electron chi connectivity index (χ1n) is 13.7. The molecule has 1 unspecified atom stereocenters. The van der Waals surface area contributed by atoms with Gasteiger partial charge in [-0.15, -0.1) is 11.8 Å². The number of nitrogens with zero attached hydrogens (tertiary/aromatic N) is 3. The Labute approximate surface area is 237 Å². The van der Waals surface area contributed by atoms with E-state index in [1.54, 1.807) is 30.1 Å². The highest BCUT2D eigenvalue weighted by Crippen LogP contribution is 2.33. The molecule has 2 aromatic heterocycles. The fourth-order valence-corrected chi connectivity index (χ4v) is 6.46. The predicted octanol–water partition coefficient (Wildman–Crippen LogP) is 4.17. The van der Waals surface area contributed by atoms with Crippen LogP contribution in [-0.4, -0.2) is 71.8 Å². The second-order valence-electron chi connectivity index (χ2n) is 10.0. The molecule has 8 nitrogen and oxygen atoms in total. The van der Waals surface area contributed by atoms with Gasteiger partial charge in [0.05, 0.1) is 23.4 Å². The number of hydrogen-bond donors (Lipinski definition) is 1. The molecule has 0 bridgehead atoms. The monoisotopic (exact) mass is 556 g/mol. The number of ether oxygens (including phenoxy) is 1. The Morgan fingerprint density at radius 1 is 1.02 bits per heavy atom. The van der Waals surface area contributed by atoms with Crippen LogP contribution in [0, 0.1) is 0 Å². The second-order valence-corrected chi connectivity index (χ2v) is 11.2. The van der Waals surface area contributed by atoms with Crippen molar-refractivity contribution in [3.05, 3.63) is 94.9 Å². The predicted molar refractivity (Wildman–Crippen MR) is 157 cm³/mol. The van der Waals surface area contributed by atoms with Crippen molar-refractivity contribution in [3.63, 3.8) is 0 Å². The lowest BCUT2D eigenvalue weighted by atomic mass is 10.1. The zero-order valence-corrected chi connectivity index (χ0v) is 23.0. The third-order valence-electron chi connectivity index (χ3n) is 7.41. The van der Waals surface area contributed by atoms with Gasteiger partial charge in [-0.2, -0.15) is 0 Å². The molecule has 0 aliphatic carbocycles. The van der Waals surface area contributed by atoms with Crippen LogP contribution < -0.4 is 15.5 Å². The van der Waals surface area contributed by atoms with Crippen molar-refractivity contribution in [2.75, 3.05) is 45.1 Å². The molecular formula is C31H32N4O4S. The zero-order chi connectivity index (χ0) is 27.3. The molecular weight excluding hydrogens is 524 g/mol. The van der Waals surface area contributed by atoms with E-state index in [1.165, 1.54) is 0 Å². The van der Waals surface area contributed by atoms with Crippen molar-refractivity contribution in [1.29, 1.82) is 0 Å². The summed E-state index contributed by atoms with van der Waals surface area (Å²) >= 11 is 1.76. The van der Waals surface area contributed by atoms with Gasteiger partial charge in [0.2, 0.25) is 17.1 Å². The number of piperazine rings is 1. The molecule has 1 N–H and O–H groups in total. The van der Waals surface area contributed by atoms with Crippen LogP contribution in [-0.2, 0) is 4.79 Å². The Morgan fingerprint density at radius 3 is 2.62 bits per heavy atom.